The van der Waals surface area contributed by atoms with E-state index >= 15 is 0 Å². The molecule has 0 aliphatic rings. The van der Waals surface area contributed by atoms with Gasteiger partial charge < -0.3 is 10.4 Å². The van der Waals surface area contributed by atoms with Gasteiger partial charge in [0.1, 0.15) is 0 Å². The molecule has 0 aromatic heterocycles. The summed E-state index contributed by atoms with van der Waals surface area (Å²) in [5.74, 6) is -0.555. The number of benzene rings is 3. The molecule has 3 aromatic carbocycles. The SMILES string of the molecule is Cc1cccc(NS(=O)(=O)c2ccc(C)c(C(=O)NCC(O)c3ccc([N+](=O)[O-])cc3)c2)c1. The lowest BCUT2D eigenvalue weighted by molar-refractivity contribution is -0.384. The van der Waals surface area contributed by atoms with E-state index in [1.54, 1.807) is 25.1 Å². The second-order valence-electron chi connectivity index (χ2n) is 7.53. The first-order valence-electron chi connectivity index (χ1n) is 9.97. The number of aliphatic hydroxyl groups is 1. The smallest absolute Gasteiger partial charge is 0.269 e. The van der Waals surface area contributed by atoms with Crippen molar-refractivity contribution in [3.63, 3.8) is 0 Å². The highest BCUT2D eigenvalue weighted by Gasteiger charge is 2.19. The molecule has 0 bridgehead atoms. The Labute approximate surface area is 191 Å². The maximum Gasteiger partial charge on any atom is 0.269 e. The Morgan fingerprint density at radius 3 is 2.39 bits per heavy atom. The van der Waals surface area contributed by atoms with E-state index in [0.717, 1.165) is 5.56 Å². The van der Waals surface area contributed by atoms with Gasteiger partial charge in [-0.3, -0.25) is 19.6 Å². The summed E-state index contributed by atoms with van der Waals surface area (Å²) >= 11 is 0. The number of hydrogen-bond acceptors (Lipinski definition) is 6. The van der Waals surface area contributed by atoms with Crippen LogP contribution in [0.4, 0.5) is 11.4 Å². The lowest BCUT2D eigenvalue weighted by Crippen LogP contribution is -2.29. The fraction of sp³-hybridized carbons (Fsp3) is 0.174. The zero-order valence-electron chi connectivity index (χ0n) is 18.0. The number of nitro groups is 1. The fourth-order valence-electron chi connectivity index (χ4n) is 3.16. The Morgan fingerprint density at radius 2 is 1.76 bits per heavy atom. The molecule has 172 valence electrons. The van der Waals surface area contributed by atoms with Gasteiger partial charge in [-0.1, -0.05) is 18.2 Å². The Morgan fingerprint density at radius 1 is 1.06 bits per heavy atom. The number of nitrogens with one attached hydrogen (secondary N) is 2. The van der Waals surface area contributed by atoms with Gasteiger partial charge >= 0.3 is 0 Å². The topological polar surface area (TPSA) is 139 Å². The molecule has 10 heteroatoms. The molecule has 3 rings (SSSR count). The number of carbonyl (C=O) groups excluding carboxylic acids is 1. The number of anilines is 1. The van der Waals surface area contributed by atoms with E-state index in [0.29, 0.717) is 16.8 Å². The van der Waals surface area contributed by atoms with Gasteiger partial charge in [-0.25, -0.2) is 8.42 Å². The number of non-ortho nitro benzene ring substituents is 1. The summed E-state index contributed by atoms with van der Waals surface area (Å²) in [5.41, 5.74) is 2.31. The van der Waals surface area contributed by atoms with Crippen LogP contribution in [-0.4, -0.2) is 30.9 Å². The predicted octanol–water partition coefficient (Wildman–Crippen LogP) is 3.48. The highest BCUT2D eigenvalue weighted by Crippen LogP contribution is 2.21. The van der Waals surface area contributed by atoms with Crippen molar-refractivity contribution in [1.29, 1.82) is 0 Å². The quantitative estimate of drug-likeness (QED) is 0.341. The van der Waals surface area contributed by atoms with E-state index < -0.39 is 27.0 Å². The third kappa shape index (κ3) is 5.93. The first-order chi connectivity index (χ1) is 15.6. The zero-order chi connectivity index (χ0) is 24.2. The third-order valence-corrected chi connectivity index (χ3v) is 6.36. The summed E-state index contributed by atoms with van der Waals surface area (Å²) in [5, 5.41) is 23.6. The van der Waals surface area contributed by atoms with E-state index in [4.69, 9.17) is 0 Å². The molecule has 33 heavy (non-hydrogen) atoms. The van der Waals surface area contributed by atoms with Crippen molar-refractivity contribution in [3.05, 3.63) is 99.1 Å². The maximum atomic E-state index is 12.8. The van der Waals surface area contributed by atoms with Gasteiger partial charge in [0.05, 0.1) is 15.9 Å². The van der Waals surface area contributed by atoms with Crippen LogP contribution in [0.3, 0.4) is 0 Å². The third-order valence-electron chi connectivity index (χ3n) is 4.98. The van der Waals surface area contributed by atoms with Crippen molar-refractivity contribution in [3.8, 4) is 0 Å². The van der Waals surface area contributed by atoms with Gasteiger partial charge in [-0.05, 0) is 66.9 Å². The van der Waals surface area contributed by atoms with Crippen LogP contribution in [0.5, 0.6) is 0 Å². The largest absolute Gasteiger partial charge is 0.387 e. The molecule has 3 N–H and O–H groups in total. The van der Waals surface area contributed by atoms with Gasteiger partial charge in [-0.15, -0.1) is 0 Å². The molecule has 1 atom stereocenters. The van der Waals surface area contributed by atoms with Crippen LogP contribution in [0.25, 0.3) is 0 Å². The van der Waals surface area contributed by atoms with Crippen molar-refractivity contribution in [2.45, 2.75) is 24.8 Å². The standard InChI is InChI=1S/C23H23N3O6S/c1-15-4-3-5-18(12-15)25-33(31,32)20-11-6-16(2)21(13-20)23(28)24-14-22(27)17-7-9-19(10-8-17)26(29)30/h3-13,22,25,27H,14H2,1-2H3,(H,24,28). The molecular formula is C23H23N3O6S. The number of carbonyl (C=O) groups is 1. The average molecular weight is 470 g/mol. The Hall–Kier alpha value is -3.76. The van der Waals surface area contributed by atoms with Crippen molar-refractivity contribution in [2.24, 2.45) is 0 Å². The zero-order valence-corrected chi connectivity index (χ0v) is 18.8. The van der Waals surface area contributed by atoms with Gasteiger partial charge in [-0.2, -0.15) is 0 Å². The van der Waals surface area contributed by atoms with Crippen LogP contribution in [-0.2, 0) is 10.0 Å². The summed E-state index contributed by atoms with van der Waals surface area (Å²) in [6, 6.07) is 16.5. The number of aryl methyl sites for hydroxylation is 2. The second kappa shape index (κ2) is 9.80. The first-order valence-corrected chi connectivity index (χ1v) is 11.5. The van der Waals surface area contributed by atoms with Crippen molar-refractivity contribution in [1.82, 2.24) is 5.32 Å². The van der Waals surface area contributed by atoms with Crippen LogP contribution in [0.2, 0.25) is 0 Å². The highest BCUT2D eigenvalue weighted by molar-refractivity contribution is 7.92. The van der Waals surface area contributed by atoms with Crippen molar-refractivity contribution in [2.75, 3.05) is 11.3 Å². The molecule has 0 fully saturated rings. The molecule has 0 saturated carbocycles. The van der Waals surface area contributed by atoms with Gasteiger partial charge in [0.2, 0.25) is 0 Å². The number of amides is 1. The minimum atomic E-state index is -3.92. The minimum absolute atomic E-state index is 0.0735. The number of rotatable bonds is 8. The summed E-state index contributed by atoms with van der Waals surface area (Å²) < 4.78 is 28.1. The molecule has 3 aromatic rings. The predicted molar refractivity (Wildman–Crippen MR) is 124 cm³/mol. The van der Waals surface area contributed by atoms with E-state index in [9.17, 15) is 28.4 Å². The number of nitro benzene ring substituents is 1. The monoisotopic (exact) mass is 469 g/mol. The lowest BCUT2D eigenvalue weighted by atomic mass is 10.1. The normalized spacial score (nSPS) is 12.1. The molecule has 0 aliphatic carbocycles. The van der Waals surface area contributed by atoms with Gasteiger partial charge in [0, 0.05) is 29.9 Å². The first kappa shape index (κ1) is 23.9. The summed E-state index contributed by atoms with van der Waals surface area (Å²) in [7, 11) is -3.92. The molecule has 0 aliphatic heterocycles. The molecule has 9 nitrogen and oxygen atoms in total. The highest BCUT2D eigenvalue weighted by atomic mass is 32.2. The fourth-order valence-corrected chi connectivity index (χ4v) is 4.23. The Bertz CT molecular complexity index is 1290. The van der Waals surface area contributed by atoms with Crippen LogP contribution < -0.4 is 10.0 Å². The number of sulfonamides is 1. The van der Waals surface area contributed by atoms with Crippen LogP contribution in [0, 0.1) is 24.0 Å². The van der Waals surface area contributed by atoms with E-state index in [1.165, 1.54) is 42.5 Å². The average Bonchev–Trinajstić information content (AvgIpc) is 2.77. The van der Waals surface area contributed by atoms with Gasteiger partial charge in [0.15, 0.2) is 0 Å². The summed E-state index contributed by atoms with van der Waals surface area (Å²) in [6.45, 7) is 3.36. The minimum Gasteiger partial charge on any atom is -0.387 e. The van der Waals surface area contributed by atoms with Crippen LogP contribution in [0.15, 0.2) is 71.6 Å². The number of aliphatic hydroxyl groups excluding tert-OH is 1. The van der Waals surface area contributed by atoms with Crippen LogP contribution >= 0.6 is 0 Å². The summed E-state index contributed by atoms with van der Waals surface area (Å²) in [6.07, 6.45) is -1.09. The molecule has 0 spiro atoms. The van der Waals surface area contributed by atoms with Crippen LogP contribution in [0.1, 0.15) is 33.2 Å². The Kier molecular flexibility index (Phi) is 7.10. The molecule has 1 amide bonds. The molecule has 0 saturated heterocycles. The molecular weight excluding hydrogens is 446 g/mol. The van der Waals surface area contributed by atoms with E-state index in [-0.39, 0.29) is 22.7 Å². The van der Waals surface area contributed by atoms with Gasteiger partial charge in [0.25, 0.3) is 21.6 Å². The lowest BCUT2D eigenvalue weighted by Gasteiger charge is -2.14. The molecule has 1 unspecified atom stereocenters. The van der Waals surface area contributed by atoms with E-state index in [2.05, 4.69) is 10.0 Å². The van der Waals surface area contributed by atoms with E-state index in [1.807, 2.05) is 13.0 Å². The molecule has 0 heterocycles. The van der Waals surface area contributed by atoms with Crippen molar-refractivity contribution < 1.29 is 23.2 Å². The number of nitrogens with zero attached hydrogens (tertiary/aromatic N) is 1. The van der Waals surface area contributed by atoms with Crippen molar-refractivity contribution >= 4 is 27.3 Å². The summed E-state index contributed by atoms with van der Waals surface area (Å²) in [4.78, 5) is 22.8. The Balaban J connectivity index is 1.73. The maximum absolute atomic E-state index is 12.8. The number of hydrogen-bond donors (Lipinski definition) is 3. The molecule has 0 radical (unpaired) electrons. The second-order valence-corrected chi connectivity index (χ2v) is 9.21.